The SMILES string of the molecule is Cl.Nc1nc(=O)n(C2O[C@H](CO)[C@@H](OF)[C@H]2O)c(F)c1F. The second kappa shape index (κ2) is 6.58. The summed E-state index contributed by atoms with van der Waals surface area (Å²) < 4.78 is 44.2. The zero-order valence-electron chi connectivity index (χ0n) is 10.1. The number of aliphatic hydroxyl groups excluding tert-OH is 2. The lowest BCUT2D eigenvalue weighted by Gasteiger charge is -2.18. The Bertz CT molecular complexity index is 574. The first-order valence-corrected chi connectivity index (χ1v) is 5.37. The van der Waals surface area contributed by atoms with Gasteiger partial charge in [-0.3, -0.25) is 0 Å². The molecule has 2 heterocycles. The molecule has 1 saturated heterocycles. The molecule has 0 bridgehead atoms. The maximum Gasteiger partial charge on any atom is 0.354 e. The van der Waals surface area contributed by atoms with Gasteiger partial charge in [0.2, 0.25) is 11.8 Å². The summed E-state index contributed by atoms with van der Waals surface area (Å²) in [4.78, 5) is 17.9. The van der Waals surface area contributed by atoms with Gasteiger partial charge in [0.1, 0.15) is 12.2 Å². The molecular formula is C9H11ClF3N3O5. The zero-order chi connectivity index (χ0) is 15.0. The molecule has 0 saturated carbocycles. The number of nitrogen functional groups attached to an aromatic ring is 1. The van der Waals surface area contributed by atoms with E-state index in [0.717, 1.165) is 0 Å². The molecule has 4 atom stereocenters. The van der Waals surface area contributed by atoms with Crippen LogP contribution in [-0.4, -0.2) is 44.7 Å². The van der Waals surface area contributed by atoms with Gasteiger partial charge >= 0.3 is 5.69 Å². The van der Waals surface area contributed by atoms with Crippen LogP contribution in [0.1, 0.15) is 6.23 Å². The Morgan fingerprint density at radius 2 is 2.10 bits per heavy atom. The summed E-state index contributed by atoms with van der Waals surface area (Å²) >= 11 is 0. The van der Waals surface area contributed by atoms with Crippen LogP contribution in [-0.2, 0) is 9.68 Å². The molecule has 0 aliphatic carbocycles. The van der Waals surface area contributed by atoms with E-state index in [1.165, 1.54) is 0 Å². The Morgan fingerprint density at radius 1 is 1.48 bits per heavy atom. The summed E-state index contributed by atoms with van der Waals surface area (Å²) in [5, 5.41) is 18.6. The predicted octanol–water partition coefficient (Wildman–Crippen LogP) is -0.954. The van der Waals surface area contributed by atoms with Crippen molar-refractivity contribution in [2.24, 2.45) is 0 Å². The second-order valence-electron chi connectivity index (χ2n) is 4.05. The lowest BCUT2D eigenvalue weighted by molar-refractivity contribution is -0.214. The Hall–Kier alpha value is -1.40. The smallest absolute Gasteiger partial charge is 0.354 e. The minimum absolute atomic E-state index is 0. The van der Waals surface area contributed by atoms with Gasteiger partial charge in [-0.2, -0.15) is 18.7 Å². The van der Waals surface area contributed by atoms with Gasteiger partial charge in [-0.25, -0.2) is 9.36 Å². The van der Waals surface area contributed by atoms with Gasteiger partial charge in [-0.05, 0) is 4.53 Å². The fourth-order valence-corrected chi connectivity index (χ4v) is 1.91. The molecule has 21 heavy (non-hydrogen) atoms. The number of aliphatic hydroxyl groups is 2. The van der Waals surface area contributed by atoms with Crippen LogP contribution in [0.5, 0.6) is 0 Å². The highest BCUT2D eigenvalue weighted by molar-refractivity contribution is 5.85. The first kappa shape index (κ1) is 17.7. The van der Waals surface area contributed by atoms with E-state index in [4.69, 9.17) is 15.6 Å². The molecule has 8 nitrogen and oxygen atoms in total. The third kappa shape index (κ3) is 2.82. The van der Waals surface area contributed by atoms with E-state index in [1.54, 1.807) is 0 Å². The third-order valence-corrected chi connectivity index (χ3v) is 2.89. The number of hydrogen-bond acceptors (Lipinski definition) is 7. The summed E-state index contributed by atoms with van der Waals surface area (Å²) in [6, 6.07) is 0. The number of rotatable bonds is 3. The molecule has 2 rings (SSSR count). The summed E-state index contributed by atoms with van der Waals surface area (Å²) in [7, 11) is 0. The molecule has 0 spiro atoms. The minimum atomic E-state index is -1.87. The lowest BCUT2D eigenvalue weighted by Crippen LogP contribution is -2.38. The van der Waals surface area contributed by atoms with Gasteiger partial charge in [-0.15, -0.1) is 12.4 Å². The molecule has 0 amide bonds. The standard InChI is InChI=1S/C9H10F3N3O5.ClH/c10-3-6(11)15(9(18)14-7(3)13)8-4(17)5(20-12)2(1-16)19-8;/h2,4-5,8,16-17H,1H2,(H2,13,14,18);1H/t2-,4-,5-,8?;/m1./s1. The second-order valence-corrected chi connectivity index (χ2v) is 4.05. The number of halogens is 4. The van der Waals surface area contributed by atoms with E-state index >= 15 is 0 Å². The Kier molecular flexibility index (Phi) is 5.53. The Morgan fingerprint density at radius 3 is 2.57 bits per heavy atom. The number of hydrogen-bond donors (Lipinski definition) is 3. The molecule has 4 N–H and O–H groups in total. The van der Waals surface area contributed by atoms with Gasteiger partial charge in [0.15, 0.2) is 18.1 Å². The normalized spacial score (nSPS) is 28.4. The van der Waals surface area contributed by atoms with Crippen molar-refractivity contribution in [2.75, 3.05) is 12.3 Å². The molecule has 1 aromatic heterocycles. The van der Waals surface area contributed by atoms with Crippen molar-refractivity contribution in [1.29, 1.82) is 0 Å². The van der Waals surface area contributed by atoms with Crippen LogP contribution < -0.4 is 11.4 Å². The van der Waals surface area contributed by atoms with E-state index in [0.29, 0.717) is 0 Å². The summed E-state index contributed by atoms with van der Waals surface area (Å²) in [6.45, 7) is -0.774. The van der Waals surface area contributed by atoms with Crippen molar-refractivity contribution in [2.45, 2.75) is 24.5 Å². The van der Waals surface area contributed by atoms with E-state index in [2.05, 4.69) is 9.93 Å². The highest BCUT2D eigenvalue weighted by atomic mass is 35.5. The van der Waals surface area contributed by atoms with E-state index in [1.807, 2.05) is 0 Å². The first-order chi connectivity index (χ1) is 9.42. The van der Waals surface area contributed by atoms with Crippen molar-refractivity contribution in [3.05, 3.63) is 22.2 Å². The first-order valence-electron chi connectivity index (χ1n) is 5.37. The Balaban J connectivity index is 0.00000220. The summed E-state index contributed by atoms with van der Waals surface area (Å²) in [5.41, 5.74) is 3.62. The molecule has 1 aliphatic heterocycles. The van der Waals surface area contributed by atoms with Crippen molar-refractivity contribution >= 4 is 18.2 Å². The zero-order valence-corrected chi connectivity index (χ0v) is 11.0. The molecule has 0 aromatic carbocycles. The van der Waals surface area contributed by atoms with Crippen LogP contribution in [0.15, 0.2) is 4.79 Å². The number of aromatic nitrogens is 2. The number of ether oxygens (including phenoxy) is 1. The van der Waals surface area contributed by atoms with Gasteiger partial charge in [0, 0.05) is 0 Å². The van der Waals surface area contributed by atoms with Gasteiger partial charge in [0.25, 0.3) is 0 Å². The van der Waals surface area contributed by atoms with Crippen molar-refractivity contribution in [3.8, 4) is 0 Å². The fraction of sp³-hybridized carbons (Fsp3) is 0.556. The molecule has 12 heteroatoms. The van der Waals surface area contributed by atoms with Crippen LogP contribution in [0.25, 0.3) is 0 Å². The summed E-state index contributed by atoms with van der Waals surface area (Å²) in [6.07, 6.45) is -6.72. The number of nitrogens with zero attached hydrogens (tertiary/aromatic N) is 2. The maximum atomic E-state index is 13.7. The van der Waals surface area contributed by atoms with E-state index < -0.39 is 54.4 Å². The van der Waals surface area contributed by atoms with Crippen LogP contribution in [0, 0.1) is 11.8 Å². The molecule has 1 aliphatic rings. The average Bonchev–Trinajstić information content (AvgIpc) is 2.73. The summed E-state index contributed by atoms with van der Waals surface area (Å²) in [5.74, 6) is -4.32. The fourth-order valence-electron chi connectivity index (χ4n) is 1.91. The maximum absolute atomic E-state index is 13.7. The number of anilines is 1. The topological polar surface area (TPSA) is 120 Å². The van der Waals surface area contributed by atoms with Crippen LogP contribution in [0.2, 0.25) is 0 Å². The minimum Gasteiger partial charge on any atom is -0.394 e. The molecule has 1 unspecified atom stereocenters. The lowest BCUT2D eigenvalue weighted by atomic mass is 10.1. The van der Waals surface area contributed by atoms with Crippen molar-refractivity contribution in [3.63, 3.8) is 0 Å². The Labute approximate surface area is 121 Å². The highest BCUT2D eigenvalue weighted by Gasteiger charge is 2.47. The monoisotopic (exact) mass is 333 g/mol. The van der Waals surface area contributed by atoms with Crippen molar-refractivity contribution < 1.29 is 33.2 Å². The van der Waals surface area contributed by atoms with Crippen molar-refractivity contribution in [1.82, 2.24) is 9.55 Å². The number of nitrogens with two attached hydrogens (primary N) is 1. The van der Waals surface area contributed by atoms with E-state index in [-0.39, 0.29) is 17.0 Å². The van der Waals surface area contributed by atoms with Crippen LogP contribution in [0.4, 0.5) is 19.1 Å². The van der Waals surface area contributed by atoms with Crippen LogP contribution >= 0.6 is 12.4 Å². The molecule has 1 fully saturated rings. The quantitative estimate of drug-likeness (QED) is 0.610. The largest absolute Gasteiger partial charge is 0.394 e. The average molecular weight is 334 g/mol. The van der Waals surface area contributed by atoms with Gasteiger partial charge in [-0.1, -0.05) is 0 Å². The molecule has 1 aromatic rings. The predicted molar refractivity (Wildman–Crippen MR) is 63.1 cm³/mol. The molecule has 0 radical (unpaired) electrons. The van der Waals surface area contributed by atoms with E-state index in [9.17, 15) is 23.2 Å². The molecule has 120 valence electrons. The molecular weight excluding hydrogens is 323 g/mol. The van der Waals surface area contributed by atoms with Gasteiger partial charge < -0.3 is 20.7 Å². The highest BCUT2D eigenvalue weighted by Crippen LogP contribution is 2.31. The van der Waals surface area contributed by atoms with Crippen LogP contribution in [0.3, 0.4) is 0 Å². The third-order valence-electron chi connectivity index (χ3n) is 2.89. The van der Waals surface area contributed by atoms with Gasteiger partial charge in [0.05, 0.1) is 6.61 Å².